The van der Waals surface area contributed by atoms with Crippen LogP contribution in [0.5, 0.6) is 11.5 Å². The molecule has 4 rings (SSSR count). The van der Waals surface area contributed by atoms with Crippen LogP contribution in [-0.2, 0) is 36.2 Å². The minimum Gasteiger partial charge on any atom is -0.496 e. The smallest absolute Gasteiger partial charge is 0.496 e. The molecule has 1 atom stereocenters. The Kier molecular flexibility index (Phi) is 9.91. The zero-order valence-electron chi connectivity index (χ0n) is 23.0. The number of aromatic amines is 1. The highest BCUT2D eigenvalue weighted by molar-refractivity contribution is 7.53. The summed E-state index contributed by atoms with van der Waals surface area (Å²) in [6.45, 7) is 2.47. The number of hydrogen-bond acceptors (Lipinski definition) is 12. The van der Waals surface area contributed by atoms with Crippen molar-refractivity contribution in [2.45, 2.75) is 27.0 Å². The van der Waals surface area contributed by atoms with Gasteiger partial charge in [-0.1, -0.05) is 12.1 Å². The first-order valence-corrected chi connectivity index (χ1v) is 14.2. The average Bonchev–Trinajstić information content (AvgIpc) is 3.35. The maximum atomic E-state index is 14.0. The molecule has 2 heterocycles. The second-order valence-corrected chi connectivity index (χ2v) is 10.9. The standard InChI is InChI=1S/C26H29FN5O9P/c1-16-4-5-18(11-20(16)27)12-39-42(35,40-14-38-26(34)41-19-6-7-21(36-3)17(2)10-19)15-37-9-8-32-13-29-22-23(32)30-25(28)31-24(22)33/h4-7,10-11,13H,8-9,12,14-15H2,1-3H3,(H3,28,30,31,33). The van der Waals surface area contributed by atoms with E-state index in [4.69, 9.17) is 33.7 Å². The zero-order chi connectivity index (χ0) is 30.3. The van der Waals surface area contributed by atoms with Gasteiger partial charge in [-0.25, -0.2) is 14.2 Å². The number of benzene rings is 2. The van der Waals surface area contributed by atoms with Gasteiger partial charge in [0.25, 0.3) is 5.56 Å². The van der Waals surface area contributed by atoms with Gasteiger partial charge in [-0.15, -0.1) is 0 Å². The van der Waals surface area contributed by atoms with Crippen molar-refractivity contribution in [1.29, 1.82) is 0 Å². The molecule has 1 unspecified atom stereocenters. The Morgan fingerprint density at radius 1 is 1.14 bits per heavy atom. The van der Waals surface area contributed by atoms with Crippen LogP contribution in [0.4, 0.5) is 15.1 Å². The Morgan fingerprint density at radius 2 is 1.95 bits per heavy atom. The van der Waals surface area contributed by atoms with E-state index in [-0.39, 0.29) is 42.6 Å². The molecule has 4 aromatic rings. The van der Waals surface area contributed by atoms with Crippen molar-refractivity contribution >= 4 is 30.9 Å². The van der Waals surface area contributed by atoms with Crippen molar-refractivity contribution in [2.24, 2.45) is 0 Å². The highest BCUT2D eigenvalue weighted by Gasteiger charge is 2.27. The van der Waals surface area contributed by atoms with E-state index in [2.05, 4.69) is 15.0 Å². The number of anilines is 1. The number of rotatable bonds is 13. The maximum Gasteiger partial charge on any atom is 0.515 e. The molecule has 0 saturated heterocycles. The highest BCUT2D eigenvalue weighted by Crippen LogP contribution is 2.49. The first kappa shape index (κ1) is 30.7. The van der Waals surface area contributed by atoms with Crippen molar-refractivity contribution in [1.82, 2.24) is 19.5 Å². The van der Waals surface area contributed by atoms with E-state index in [1.54, 1.807) is 38.1 Å². The van der Waals surface area contributed by atoms with Gasteiger partial charge in [0.05, 0.1) is 26.7 Å². The normalized spacial score (nSPS) is 12.7. The topological polar surface area (TPSA) is 179 Å². The first-order valence-electron chi connectivity index (χ1n) is 12.5. The van der Waals surface area contributed by atoms with E-state index in [0.717, 1.165) is 5.56 Å². The van der Waals surface area contributed by atoms with Gasteiger partial charge in [0.1, 0.15) is 23.7 Å². The number of carbonyl (C=O) groups excluding carboxylic acids is 1. The Balaban J connectivity index is 1.35. The predicted octanol–water partition coefficient (Wildman–Crippen LogP) is 4.04. The van der Waals surface area contributed by atoms with E-state index < -0.39 is 38.3 Å². The summed E-state index contributed by atoms with van der Waals surface area (Å²) in [4.78, 5) is 34.6. The molecule has 0 bridgehead atoms. The fraction of sp³-hybridized carbons (Fsp3) is 0.308. The lowest BCUT2D eigenvalue weighted by atomic mass is 10.1. The molecule has 0 aliphatic heterocycles. The number of nitrogen functional groups attached to an aromatic ring is 1. The number of halogens is 1. The molecular weight excluding hydrogens is 576 g/mol. The molecule has 224 valence electrons. The van der Waals surface area contributed by atoms with Crippen LogP contribution in [0, 0.1) is 19.7 Å². The summed E-state index contributed by atoms with van der Waals surface area (Å²) >= 11 is 0. The summed E-state index contributed by atoms with van der Waals surface area (Å²) in [5.41, 5.74) is 7.03. The van der Waals surface area contributed by atoms with Crippen LogP contribution >= 0.6 is 7.60 Å². The molecule has 0 aliphatic rings. The predicted molar refractivity (Wildman–Crippen MR) is 148 cm³/mol. The Bertz CT molecular complexity index is 1680. The summed E-state index contributed by atoms with van der Waals surface area (Å²) in [7, 11) is -2.53. The molecule has 0 radical (unpaired) electrons. The first-order chi connectivity index (χ1) is 20.1. The molecular formula is C26H29FN5O9P. The number of fused-ring (bicyclic) bond motifs is 1. The monoisotopic (exact) mass is 605 g/mol. The number of hydrogen-bond donors (Lipinski definition) is 2. The summed E-state index contributed by atoms with van der Waals surface area (Å²) in [5, 5.41) is 0. The molecule has 14 nitrogen and oxygen atoms in total. The second-order valence-electron chi connectivity index (χ2n) is 8.94. The number of nitrogens with one attached hydrogen (secondary N) is 1. The number of ether oxygens (including phenoxy) is 4. The van der Waals surface area contributed by atoms with Gasteiger partial charge in [0, 0.05) is 6.54 Å². The lowest BCUT2D eigenvalue weighted by Crippen LogP contribution is -2.15. The van der Waals surface area contributed by atoms with Crippen LogP contribution in [0.3, 0.4) is 0 Å². The minimum absolute atomic E-state index is 0.0184. The number of aromatic nitrogens is 4. The van der Waals surface area contributed by atoms with Crippen LogP contribution in [0.25, 0.3) is 11.2 Å². The van der Waals surface area contributed by atoms with Gasteiger partial charge in [-0.05, 0) is 54.8 Å². The Labute approximate surface area is 239 Å². The molecule has 3 N–H and O–H groups in total. The lowest BCUT2D eigenvalue weighted by molar-refractivity contribution is 0.0153. The van der Waals surface area contributed by atoms with Gasteiger partial charge in [-0.3, -0.25) is 18.9 Å². The number of carbonyl (C=O) groups is 1. The van der Waals surface area contributed by atoms with Crippen LogP contribution in [0.2, 0.25) is 0 Å². The summed E-state index contributed by atoms with van der Waals surface area (Å²) in [6, 6.07) is 9.12. The summed E-state index contributed by atoms with van der Waals surface area (Å²) in [6.07, 6.45) is -0.264. The zero-order valence-corrected chi connectivity index (χ0v) is 23.9. The third-order valence-electron chi connectivity index (χ3n) is 5.88. The van der Waals surface area contributed by atoms with E-state index in [1.807, 2.05) is 0 Å². The Hall–Kier alpha value is -4.30. The van der Waals surface area contributed by atoms with Gasteiger partial charge in [0.15, 0.2) is 11.2 Å². The van der Waals surface area contributed by atoms with Crippen molar-refractivity contribution < 1.29 is 41.7 Å². The van der Waals surface area contributed by atoms with Crippen LogP contribution < -0.4 is 20.8 Å². The summed E-state index contributed by atoms with van der Waals surface area (Å²) in [5.74, 6) is 0.284. The van der Waals surface area contributed by atoms with Crippen LogP contribution in [-0.4, -0.2) is 52.5 Å². The number of imidazole rings is 1. The van der Waals surface area contributed by atoms with Gasteiger partial charge < -0.3 is 33.8 Å². The van der Waals surface area contributed by atoms with E-state index >= 15 is 0 Å². The Morgan fingerprint density at radius 3 is 2.69 bits per heavy atom. The second kappa shape index (κ2) is 13.6. The molecule has 0 fully saturated rings. The van der Waals surface area contributed by atoms with E-state index in [1.165, 1.54) is 30.1 Å². The van der Waals surface area contributed by atoms with Crippen molar-refractivity contribution in [3.63, 3.8) is 0 Å². The SMILES string of the molecule is COc1ccc(OC(=O)OCOP(=O)(COCCn2cnc3c(=O)[nH]c(N)nc32)OCc2ccc(C)c(F)c2)cc1C. The number of methoxy groups -OCH3 is 1. The molecule has 0 spiro atoms. The van der Waals surface area contributed by atoms with Crippen molar-refractivity contribution in [2.75, 3.05) is 32.6 Å². The largest absolute Gasteiger partial charge is 0.515 e. The fourth-order valence-electron chi connectivity index (χ4n) is 3.68. The number of nitrogens with two attached hydrogens (primary N) is 1. The van der Waals surface area contributed by atoms with Gasteiger partial charge in [-0.2, -0.15) is 4.98 Å². The molecule has 2 aromatic heterocycles. The van der Waals surface area contributed by atoms with Gasteiger partial charge >= 0.3 is 13.8 Å². The maximum absolute atomic E-state index is 14.0. The highest BCUT2D eigenvalue weighted by atomic mass is 31.2. The lowest BCUT2D eigenvalue weighted by Gasteiger charge is -2.19. The molecule has 42 heavy (non-hydrogen) atoms. The number of nitrogens with zero attached hydrogens (tertiary/aromatic N) is 3. The molecule has 0 aliphatic carbocycles. The van der Waals surface area contributed by atoms with Gasteiger partial charge in [0.2, 0.25) is 12.7 Å². The van der Waals surface area contributed by atoms with Crippen molar-refractivity contribution in [3.05, 3.63) is 75.6 Å². The fourth-order valence-corrected chi connectivity index (χ4v) is 4.81. The molecule has 16 heteroatoms. The minimum atomic E-state index is -4.05. The van der Waals surface area contributed by atoms with Crippen LogP contribution in [0.1, 0.15) is 16.7 Å². The van der Waals surface area contributed by atoms with E-state index in [0.29, 0.717) is 16.9 Å². The third-order valence-corrected chi connectivity index (χ3v) is 7.40. The quantitative estimate of drug-likeness (QED) is 0.0736. The summed E-state index contributed by atoms with van der Waals surface area (Å²) < 4.78 is 60.5. The molecule has 0 saturated carbocycles. The number of H-pyrrole nitrogens is 1. The number of aryl methyl sites for hydroxylation is 2. The molecule has 2 aromatic carbocycles. The third kappa shape index (κ3) is 7.91. The average molecular weight is 606 g/mol. The van der Waals surface area contributed by atoms with Crippen LogP contribution in [0.15, 0.2) is 47.5 Å². The van der Waals surface area contributed by atoms with E-state index in [9.17, 15) is 18.5 Å². The van der Waals surface area contributed by atoms with Crippen molar-refractivity contribution in [3.8, 4) is 11.5 Å². The molecule has 0 amide bonds.